The SMILES string of the molecule is O=C(Nc1ccc(OC(F)F)cc1)[C@H]1CC[C@@H](Oc2cc(C(F)(F)F)ccn2)CC1. The summed E-state index contributed by atoms with van der Waals surface area (Å²) in [6.45, 7) is -2.92. The molecule has 3 rings (SSSR count). The molecule has 0 saturated heterocycles. The zero-order chi connectivity index (χ0) is 21.7. The first-order valence-electron chi connectivity index (χ1n) is 9.26. The number of ether oxygens (including phenoxy) is 2. The number of hydrogen-bond acceptors (Lipinski definition) is 4. The average Bonchev–Trinajstić information content (AvgIpc) is 2.69. The third kappa shape index (κ3) is 6.04. The van der Waals surface area contributed by atoms with Crippen LogP contribution in [0.5, 0.6) is 11.6 Å². The Morgan fingerprint density at radius 3 is 2.33 bits per heavy atom. The van der Waals surface area contributed by atoms with Crippen LogP contribution in [-0.4, -0.2) is 23.6 Å². The van der Waals surface area contributed by atoms with Crippen LogP contribution in [0, 0.1) is 5.92 Å². The van der Waals surface area contributed by atoms with Crippen LogP contribution in [0.25, 0.3) is 0 Å². The summed E-state index contributed by atoms with van der Waals surface area (Å²) in [6.07, 6.45) is -1.75. The van der Waals surface area contributed by atoms with Crippen molar-refractivity contribution in [2.45, 2.75) is 44.6 Å². The van der Waals surface area contributed by atoms with Crippen LogP contribution in [0.1, 0.15) is 31.2 Å². The van der Waals surface area contributed by atoms with Gasteiger partial charge < -0.3 is 14.8 Å². The lowest BCUT2D eigenvalue weighted by Gasteiger charge is -2.28. The molecule has 0 radical (unpaired) electrons. The standard InChI is InChI=1S/C20H19F5N2O3/c21-19(22)30-16-7-3-14(4-8-16)27-18(28)12-1-5-15(6-2-12)29-17-11-13(9-10-26-17)20(23,24)25/h3-4,7-12,15,19H,1-2,5-6H2,(H,27,28)/t12-,15+. The van der Waals surface area contributed by atoms with Crippen molar-refractivity contribution in [2.24, 2.45) is 5.92 Å². The fraction of sp³-hybridized carbons (Fsp3) is 0.400. The molecular formula is C20H19F5N2O3. The van der Waals surface area contributed by atoms with Gasteiger partial charge >= 0.3 is 12.8 Å². The molecule has 1 heterocycles. The van der Waals surface area contributed by atoms with Crippen LogP contribution < -0.4 is 14.8 Å². The predicted octanol–water partition coefficient (Wildman–Crippen LogP) is 5.28. The number of nitrogens with zero attached hydrogens (tertiary/aromatic N) is 1. The molecule has 1 aromatic carbocycles. The van der Waals surface area contributed by atoms with Gasteiger partial charge in [-0.05, 0) is 56.0 Å². The second kappa shape index (κ2) is 9.27. The lowest BCUT2D eigenvalue weighted by Crippen LogP contribution is -2.31. The highest BCUT2D eigenvalue weighted by molar-refractivity contribution is 5.92. The number of hydrogen-bond donors (Lipinski definition) is 1. The number of alkyl halides is 5. The molecule has 5 nitrogen and oxygen atoms in total. The number of benzene rings is 1. The van der Waals surface area contributed by atoms with Gasteiger partial charge in [0.1, 0.15) is 11.9 Å². The van der Waals surface area contributed by atoms with Crippen molar-refractivity contribution in [2.75, 3.05) is 5.32 Å². The molecule has 0 spiro atoms. The highest BCUT2D eigenvalue weighted by Crippen LogP contribution is 2.32. The first-order valence-corrected chi connectivity index (χ1v) is 9.26. The minimum absolute atomic E-state index is 0.0103. The fourth-order valence-electron chi connectivity index (χ4n) is 3.23. The number of nitrogens with one attached hydrogen (secondary N) is 1. The molecule has 162 valence electrons. The van der Waals surface area contributed by atoms with Crippen LogP contribution in [0.3, 0.4) is 0 Å². The highest BCUT2D eigenvalue weighted by Gasteiger charge is 2.32. The summed E-state index contributed by atoms with van der Waals surface area (Å²) in [5.41, 5.74) is -0.376. The molecule has 0 atom stereocenters. The topological polar surface area (TPSA) is 60.5 Å². The van der Waals surface area contributed by atoms with Crippen molar-refractivity contribution in [1.82, 2.24) is 4.98 Å². The Labute approximate surface area is 169 Å². The molecule has 1 amide bonds. The van der Waals surface area contributed by atoms with Crippen molar-refractivity contribution in [3.8, 4) is 11.6 Å². The van der Waals surface area contributed by atoms with Crippen molar-refractivity contribution in [3.05, 3.63) is 48.2 Å². The minimum atomic E-state index is -4.47. The smallest absolute Gasteiger partial charge is 0.416 e. The van der Waals surface area contributed by atoms with E-state index >= 15 is 0 Å². The van der Waals surface area contributed by atoms with Crippen molar-refractivity contribution >= 4 is 11.6 Å². The van der Waals surface area contributed by atoms with Gasteiger partial charge in [-0.2, -0.15) is 22.0 Å². The molecule has 30 heavy (non-hydrogen) atoms. The number of amides is 1. The zero-order valence-electron chi connectivity index (χ0n) is 15.7. The van der Waals surface area contributed by atoms with E-state index in [1.54, 1.807) is 0 Å². The Morgan fingerprint density at radius 1 is 1.07 bits per heavy atom. The Balaban J connectivity index is 1.49. The molecule has 1 fully saturated rings. The van der Waals surface area contributed by atoms with Crippen LogP contribution in [0.15, 0.2) is 42.6 Å². The normalized spacial score (nSPS) is 19.4. The number of rotatable bonds is 6. The third-order valence-electron chi connectivity index (χ3n) is 4.74. The van der Waals surface area contributed by atoms with E-state index in [0.29, 0.717) is 31.4 Å². The van der Waals surface area contributed by atoms with Crippen LogP contribution in [0.4, 0.5) is 27.6 Å². The number of aromatic nitrogens is 1. The van der Waals surface area contributed by atoms with Gasteiger partial charge in [-0.25, -0.2) is 4.98 Å². The van der Waals surface area contributed by atoms with E-state index in [1.165, 1.54) is 24.3 Å². The van der Waals surface area contributed by atoms with Gasteiger partial charge in [0.05, 0.1) is 5.56 Å². The van der Waals surface area contributed by atoms with E-state index in [9.17, 15) is 26.7 Å². The molecule has 0 aliphatic heterocycles. The fourth-order valence-corrected chi connectivity index (χ4v) is 3.23. The number of carbonyl (C=O) groups excluding carboxylic acids is 1. The Bertz CT molecular complexity index is 850. The highest BCUT2D eigenvalue weighted by atomic mass is 19.4. The maximum Gasteiger partial charge on any atom is 0.416 e. The molecular weight excluding hydrogens is 411 g/mol. The van der Waals surface area contributed by atoms with Crippen molar-refractivity contribution in [3.63, 3.8) is 0 Å². The van der Waals surface area contributed by atoms with Crippen LogP contribution in [-0.2, 0) is 11.0 Å². The molecule has 1 saturated carbocycles. The first kappa shape index (κ1) is 21.8. The molecule has 1 aliphatic rings. The quantitative estimate of drug-likeness (QED) is 0.634. The maximum atomic E-state index is 12.8. The van der Waals surface area contributed by atoms with E-state index in [4.69, 9.17) is 4.74 Å². The van der Waals surface area contributed by atoms with Gasteiger partial charge in [0.2, 0.25) is 11.8 Å². The summed E-state index contributed by atoms with van der Waals surface area (Å²) >= 11 is 0. The van der Waals surface area contributed by atoms with E-state index in [0.717, 1.165) is 18.3 Å². The van der Waals surface area contributed by atoms with E-state index in [2.05, 4.69) is 15.0 Å². The van der Waals surface area contributed by atoms with Gasteiger partial charge in [-0.1, -0.05) is 0 Å². The Hall–Kier alpha value is -2.91. The van der Waals surface area contributed by atoms with Crippen LogP contribution in [0.2, 0.25) is 0 Å². The summed E-state index contributed by atoms with van der Waals surface area (Å²) in [5.74, 6) is -0.600. The van der Waals surface area contributed by atoms with E-state index < -0.39 is 18.4 Å². The summed E-state index contributed by atoms with van der Waals surface area (Å²) in [4.78, 5) is 16.2. The van der Waals surface area contributed by atoms with E-state index in [1.807, 2.05) is 0 Å². The number of halogens is 5. The first-order chi connectivity index (χ1) is 14.2. The number of carbonyl (C=O) groups is 1. The van der Waals surface area contributed by atoms with Crippen LogP contribution >= 0.6 is 0 Å². The van der Waals surface area contributed by atoms with Crippen molar-refractivity contribution < 1.29 is 36.2 Å². The maximum absolute atomic E-state index is 12.8. The Morgan fingerprint density at radius 2 is 1.73 bits per heavy atom. The third-order valence-corrected chi connectivity index (χ3v) is 4.74. The molecule has 10 heteroatoms. The van der Waals surface area contributed by atoms with E-state index in [-0.39, 0.29) is 29.6 Å². The molecule has 2 aromatic rings. The molecule has 1 N–H and O–H groups in total. The molecule has 1 aliphatic carbocycles. The van der Waals surface area contributed by atoms with Gasteiger partial charge in [0.15, 0.2) is 0 Å². The largest absolute Gasteiger partial charge is 0.474 e. The van der Waals surface area contributed by atoms with Gasteiger partial charge in [0, 0.05) is 23.9 Å². The molecule has 0 unspecified atom stereocenters. The monoisotopic (exact) mass is 430 g/mol. The summed E-state index contributed by atoms with van der Waals surface area (Å²) in [6, 6.07) is 7.32. The molecule has 0 bridgehead atoms. The summed E-state index contributed by atoms with van der Waals surface area (Å²) in [7, 11) is 0. The second-order valence-corrected chi connectivity index (χ2v) is 6.86. The van der Waals surface area contributed by atoms with Gasteiger partial charge in [0.25, 0.3) is 0 Å². The van der Waals surface area contributed by atoms with Gasteiger partial charge in [-0.15, -0.1) is 0 Å². The Kier molecular flexibility index (Phi) is 6.73. The lowest BCUT2D eigenvalue weighted by atomic mass is 9.86. The van der Waals surface area contributed by atoms with Crippen molar-refractivity contribution in [1.29, 1.82) is 0 Å². The summed E-state index contributed by atoms with van der Waals surface area (Å²) in [5, 5.41) is 2.72. The molecule has 1 aromatic heterocycles. The minimum Gasteiger partial charge on any atom is -0.474 e. The average molecular weight is 430 g/mol. The zero-order valence-corrected chi connectivity index (χ0v) is 15.7. The van der Waals surface area contributed by atoms with Gasteiger partial charge in [-0.3, -0.25) is 4.79 Å². The number of anilines is 1. The number of pyridine rings is 1. The predicted molar refractivity (Wildman–Crippen MR) is 97.3 cm³/mol. The second-order valence-electron chi connectivity index (χ2n) is 6.86. The summed E-state index contributed by atoms with van der Waals surface area (Å²) < 4.78 is 72.5. The lowest BCUT2D eigenvalue weighted by molar-refractivity contribution is -0.137.